The number of halogens is 1. The van der Waals surface area contributed by atoms with Gasteiger partial charge in [0.15, 0.2) is 0 Å². The quantitative estimate of drug-likeness (QED) is 0.863. The maximum Gasteiger partial charge on any atom is 0.0406 e. The largest absolute Gasteiger partial charge is 0.327 e. The molecule has 1 atom stereocenters. The highest BCUT2D eigenvalue weighted by molar-refractivity contribution is 7.99. The zero-order valence-electron chi connectivity index (χ0n) is 11.7. The van der Waals surface area contributed by atoms with Crippen LogP contribution >= 0.6 is 23.4 Å². The molecule has 1 aliphatic heterocycles. The maximum absolute atomic E-state index is 6.16. The number of thioether (sulfide) groups is 1. The Morgan fingerprint density at radius 3 is 2.68 bits per heavy atom. The molecule has 0 aromatic heterocycles. The van der Waals surface area contributed by atoms with E-state index in [9.17, 15) is 0 Å². The minimum Gasteiger partial charge on any atom is -0.327 e. The molecule has 2 rings (SSSR count). The lowest BCUT2D eigenvalue weighted by atomic mass is 9.80. The normalized spacial score (nSPS) is 23.5. The van der Waals surface area contributed by atoms with E-state index < -0.39 is 0 Å². The van der Waals surface area contributed by atoms with Gasteiger partial charge in [-0.25, -0.2) is 0 Å². The number of piperidine rings is 1. The molecule has 1 unspecified atom stereocenters. The summed E-state index contributed by atoms with van der Waals surface area (Å²) in [4.78, 5) is 3.82. The number of likely N-dealkylation sites (tertiary alicyclic amines) is 1. The van der Waals surface area contributed by atoms with Crippen LogP contribution in [0.4, 0.5) is 0 Å². The number of hydrogen-bond acceptors (Lipinski definition) is 3. The summed E-state index contributed by atoms with van der Waals surface area (Å²) >= 11 is 7.78. The topological polar surface area (TPSA) is 29.3 Å². The van der Waals surface area contributed by atoms with Crippen molar-refractivity contribution in [2.45, 2.75) is 31.2 Å². The Labute approximate surface area is 125 Å². The van der Waals surface area contributed by atoms with Crippen LogP contribution in [0.25, 0.3) is 0 Å². The molecule has 4 heteroatoms. The molecule has 0 spiro atoms. The molecule has 1 aliphatic rings. The van der Waals surface area contributed by atoms with Gasteiger partial charge in [-0.1, -0.05) is 25.4 Å². The van der Waals surface area contributed by atoms with Gasteiger partial charge in [-0.3, -0.25) is 0 Å². The van der Waals surface area contributed by atoms with Crippen LogP contribution < -0.4 is 5.73 Å². The first-order chi connectivity index (χ1) is 8.97. The van der Waals surface area contributed by atoms with Gasteiger partial charge in [0.05, 0.1) is 0 Å². The number of rotatable bonds is 4. The number of nitrogens with two attached hydrogens (primary N) is 1. The van der Waals surface area contributed by atoms with Crippen LogP contribution in [-0.4, -0.2) is 36.3 Å². The average molecular weight is 299 g/mol. The lowest BCUT2D eigenvalue weighted by Crippen LogP contribution is -2.52. The van der Waals surface area contributed by atoms with Crippen LogP contribution in [0.2, 0.25) is 5.02 Å². The average Bonchev–Trinajstić information content (AvgIpc) is 2.36. The van der Waals surface area contributed by atoms with E-state index in [1.54, 1.807) is 0 Å². The molecule has 1 fully saturated rings. The number of hydrogen-bond donors (Lipinski definition) is 1. The van der Waals surface area contributed by atoms with Gasteiger partial charge >= 0.3 is 0 Å². The predicted molar refractivity (Wildman–Crippen MR) is 85.0 cm³/mol. The van der Waals surface area contributed by atoms with Crippen LogP contribution in [0.15, 0.2) is 29.2 Å². The Hall–Kier alpha value is -0.220. The highest BCUT2D eigenvalue weighted by Gasteiger charge is 2.32. The van der Waals surface area contributed by atoms with Gasteiger partial charge in [0, 0.05) is 34.8 Å². The molecule has 106 valence electrons. The molecule has 2 N–H and O–H groups in total. The molecule has 0 amide bonds. The molecule has 2 nitrogen and oxygen atoms in total. The smallest absolute Gasteiger partial charge is 0.0406 e. The first kappa shape index (κ1) is 15.2. The third kappa shape index (κ3) is 4.38. The van der Waals surface area contributed by atoms with Crippen molar-refractivity contribution in [2.24, 2.45) is 11.1 Å². The zero-order valence-corrected chi connectivity index (χ0v) is 13.3. The van der Waals surface area contributed by atoms with Gasteiger partial charge in [-0.05, 0) is 42.6 Å². The van der Waals surface area contributed by atoms with E-state index in [1.807, 2.05) is 23.9 Å². The molecule has 1 saturated heterocycles. The SMILES string of the molecule is CC1(C)CN(CCSc2ccc(Cl)cc2)CCC1N. The Morgan fingerprint density at radius 2 is 2.05 bits per heavy atom. The minimum atomic E-state index is 0.239. The fraction of sp³-hybridized carbons (Fsp3) is 0.600. The first-order valence-corrected chi connectivity index (χ1v) is 8.20. The first-order valence-electron chi connectivity index (χ1n) is 6.84. The summed E-state index contributed by atoms with van der Waals surface area (Å²) in [5.41, 5.74) is 6.40. The lowest BCUT2D eigenvalue weighted by Gasteiger charge is -2.42. The summed E-state index contributed by atoms with van der Waals surface area (Å²) in [6.07, 6.45) is 1.11. The fourth-order valence-corrected chi connectivity index (χ4v) is 3.54. The van der Waals surface area contributed by atoms with Crippen LogP contribution in [0, 0.1) is 5.41 Å². The van der Waals surface area contributed by atoms with E-state index in [0.29, 0.717) is 6.04 Å². The van der Waals surface area contributed by atoms with Crippen molar-refractivity contribution in [3.05, 3.63) is 29.3 Å². The summed E-state index contributed by atoms with van der Waals surface area (Å²) < 4.78 is 0. The zero-order chi connectivity index (χ0) is 13.9. The van der Waals surface area contributed by atoms with Gasteiger partial charge in [-0.15, -0.1) is 11.8 Å². The van der Waals surface area contributed by atoms with Crippen molar-refractivity contribution in [1.29, 1.82) is 0 Å². The van der Waals surface area contributed by atoms with Crippen LogP contribution in [0.1, 0.15) is 20.3 Å². The predicted octanol–water partition coefficient (Wildman–Crippen LogP) is 3.49. The molecular weight excluding hydrogens is 276 g/mol. The van der Waals surface area contributed by atoms with Crippen molar-refractivity contribution >= 4 is 23.4 Å². The van der Waals surface area contributed by atoms with E-state index in [4.69, 9.17) is 17.3 Å². The lowest BCUT2D eigenvalue weighted by molar-refractivity contribution is 0.101. The van der Waals surface area contributed by atoms with E-state index in [1.165, 1.54) is 4.90 Å². The molecular formula is C15H23ClN2S. The molecule has 0 radical (unpaired) electrons. The van der Waals surface area contributed by atoms with E-state index >= 15 is 0 Å². The molecule has 0 bridgehead atoms. The van der Waals surface area contributed by atoms with Crippen molar-refractivity contribution in [3.8, 4) is 0 Å². The van der Waals surface area contributed by atoms with Crippen molar-refractivity contribution in [2.75, 3.05) is 25.4 Å². The Balaban J connectivity index is 1.76. The second-order valence-corrected chi connectivity index (χ2v) is 7.57. The summed E-state index contributed by atoms with van der Waals surface area (Å²) in [5.74, 6) is 1.12. The van der Waals surface area contributed by atoms with E-state index in [-0.39, 0.29) is 5.41 Å². The van der Waals surface area contributed by atoms with Gasteiger partial charge in [0.2, 0.25) is 0 Å². The molecule has 1 aromatic rings. The highest BCUT2D eigenvalue weighted by Crippen LogP contribution is 2.28. The summed E-state index contributed by atoms with van der Waals surface area (Å²) in [6, 6.07) is 8.42. The molecule has 1 heterocycles. The molecule has 1 aromatic carbocycles. The summed E-state index contributed by atoms with van der Waals surface area (Å²) in [5, 5.41) is 0.802. The third-order valence-corrected chi connectivity index (χ3v) is 5.13. The van der Waals surface area contributed by atoms with Crippen molar-refractivity contribution < 1.29 is 0 Å². The maximum atomic E-state index is 6.16. The highest BCUT2D eigenvalue weighted by atomic mass is 35.5. The van der Waals surface area contributed by atoms with Gasteiger partial charge in [0.25, 0.3) is 0 Å². The summed E-state index contributed by atoms with van der Waals surface area (Å²) in [6.45, 7) is 7.91. The van der Waals surface area contributed by atoms with E-state index in [2.05, 4.69) is 30.9 Å². The van der Waals surface area contributed by atoms with Gasteiger partial charge in [-0.2, -0.15) is 0 Å². The fourth-order valence-electron chi connectivity index (χ4n) is 2.50. The summed E-state index contributed by atoms with van der Waals surface area (Å²) in [7, 11) is 0. The van der Waals surface area contributed by atoms with Crippen LogP contribution in [-0.2, 0) is 0 Å². The van der Waals surface area contributed by atoms with Gasteiger partial charge in [0.1, 0.15) is 0 Å². The van der Waals surface area contributed by atoms with Crippen LogP contribution in [0.5, 0.6) is 0 Å². The van der Waals surface area contributed by atoms with Gasteiger partial charge < -0.3 is 10.6 Å². The minimum absolute atomic E-state index is 0.239. The van der Waals surface area contributed by atoms with Crippen LogP contribution in [0.3, 0.4) is 0 Å². The Kier molecular flexibility index (Phi) is 5.18. The van der Waals surface area contributed by atoms with E-state index in [0.717, 1.165) is 36.8 Å². The third-order valence-electron chi connectivity index (χ3n) is 3.88. The number of nitrogens with zero attached hydrogens (tertiary/aromatic N) is 1. The molecule has 19 heavy (non-hydrogen) atoms. The van der Waals surface area contributed by atoms with Crippen molar-refractivity contribution in [1.82, 2.24) is 4.90 Å². The Morgan fingerprint density at radius 1 is 1.37 bits per heavy atom. The monoisotopic (exact) mass is 298 g/mol. The second kappa shape index (κ2) is 6.49. The molecule has 0 aliphatic carbocycles. The van der Waals surface area contributed by atoms with Crippen molar-refractivity contribution in [3.63, 3.8) is 0 Å². The second-order valence-electron chi connectivity index (χ2n) is 5.96. The molecule has 0 saturated carbocycles. The standard InChI is InChI=1S/C15H23ClN2S/c1-15(2)11-18(8-7-14(15)17)9-10-19-13-5-3-12(16)4-6-13/h3-6,14H,7-11,17H2,1-2H3. The number of benzene rings is 1. The Bertz CT molecular complexity index is 405.